The number of aliphatic hydroxyl groups excluding tert-OH is 1. The number of nitrogens with two attached hydrogens (primary N) is 1. The van der Waals surface area contributed by atoms with E-state index in [1.807, 2.05) is 0 Å². The van der Waals surface area contributed by atoms with Crippen molar-refractivity contribution in [2.75, 3.05) is 19.5 Å². The van der Waals surface area contributed by atoms with Gasteiger partial charge in [0, 0.05) is 25.0 Å². The van der Waals surface area contributed by atoms with Crippen molar-refractivity contribution in [1.29, 1.82) is 0 Å². The molecular weight excluding hydrogens is 357 g/mol. The molecular formula is C16H27F3N2O3S. The van der Waals surface area contributed by atoms with Gasteiger partial charge in [0.05, 0.1) is 11.4 Å². The summed E-state index contributed by atoms with van der Waals surface area (Å²) in [5.74, 6) is -0.652. The van der Waals surface area contributed by atoms with Crippen LogP contribution in [0.5, 0.6) is 0 Å². The highest BCUT2D eigenvalue weighted by atomic mass is 32.2. The lowest BCUT2D eigenvalue weighted by atomic mass is 9.91. The van der Waals surface area contributed by atoms with Crippen LogP contribution in [0, 0.1) is 5.41 Å². The van der Waals surface area contributed by atoms with E-state index < -0.39 is 28.7 Å². The maximum Gasteiger partial charge on any atom is 0.389 e. The second-order valence-electron chi connectivity index (χ2n) is 6.77. The highest BCUT2D eigenvalue weighted by Crippen LogP contribution is 2.29. The molecule has 0 radical (unpaired) electrons. The number of aliphatic hydroxyl groups is 1. The topological polar surface area (TPSA) is 84.9 Å². The Balaban J connectivity index is 4.83. The first-order valence-electron chi connectivity index (χ1n) is 7.70. The summed E-state index contributed by atoms with van der Waals surface area (Å²) in [5, 5.41) is 10.0. The first-order valence-corrected chi connectivity index (χ1v) is 8.69. The van der Waals surface area contributed by atoms with E-state index >= 15 is 0 Å². The summed E-state index contributed by atoms with van der Waals surface area (Å²) >= 11 is 1.09. The molecule has 0 atom stereocenters. The molecule has 5 nitrogen and oxygen atoms in total. The van der Waals surface area contributed by atoms with E-state index in [-0.39, 0.29) is 30.4 Å². The molecule has 0 spiro atoms. The van der Waals surface area contributed by atoms with Crippen LogP contribution >= 0.6 is 11.8 Å². The third-order valence-corrected chi connectivity index (χ3v) is 4.69. The molecule has 0 aliphatic rings. The van der Waals surface area contributed by atoms with Gasteiger partial charge in [0.2, 0.25) is 0 Å². The molecule has 0 rings (SSSR count). The van der Waals surface area contributed by atoms with Gasteiger partial charge >= 0.3 is 6.18 Å². The summed E-state index contributed by atoms with van der Waals surface area (Å²) < 4.78 is 40.4. The van der Waals surface area contributed by atoms with Crippen molar-refractivity contribution in [3.63, 3.8) is 0 Å². The van der Waals surface area contributed by atoms with Crippen LogP contribution in [0.2, 0.25) is 0 Å². The summed E-state index contributed by atoms with van der Waals surface area (Å²) in [6.45, 7) is 6.86. The van der Waals surface area contributed by atoms with Gasteiger partial charge in [-0.2, -0.15) is 18.2 Å². The van der Waals surface area contributed by atoms with Crippen molar-refractivity contribution in [3.8, 4) is 0 Å². The molecule has 0 unspecified atom stereocenters. The Morgan fingerprint density at radius 2 is 1.84 bits per heavy atom. The van der Waals surface area contributed by atoms with Crippen molar-refractivity contribution in [1.82, 2.24) is 0 Å². The summed E-state index contributed by atoms with van der Waals surface area (Å²) in [5.41, 5.74) is 4.98. The average Bonchev–Trinajstić information content (AvgIpc) is 2.42. The van der Waals surface area contributed by atoms with Crippen molar-refractivity contribution in [2.24, 2.45) is 16.1 Å². The van der Waals surface area contributed by atoms with Gasteiger partial charge in [0.15, 0.2) is 0 Å². The second-order valence-corrected chi connectivity index (χ2v) is 8.48. The number of rotatable bonds is 9. The number of alkyl halides is 3. The molecule has 0 saturated carbocycles. The number of methoxy groups -OCH3 is 1. The molecule has 0 aliphatic heterocycles. The van der Waals surface area contributed by atoms with E-state index in [9.17, 15) is 23.1 Å². The SMILES string of the molecule is COCC(C)(C)/C(O)=C/C(N)=NC(=O)C(C)(C)SCCCC(F)(F)F. The Hall–Kier alpha value is -1.22. The number of carbonyl (C=O) groups excluding carboxylic acids is 1. The van der Waals surface area contributed by atoms with E-state index in [0.29, 0.717) is 0 Å². The number of halogens is 3. The van der Waals surface area contributed by atoms with Crippen molar-refractivity contribution in [2.45, 2.75) is 51.5 Å². The summed E-state index contributed by atoms with van der Waals surface area (Å²) in [7, 11) is 1.49. The van der Waals surface area contributed by atoms with Gasteiger partial charge < -0.3 is 15.6 Å². The van der Waals surface area contributed by atoms with E-state index in [2.05, 4.69) is 4.99 Å². The van der Waals surface area contributed by atoms with E-state index in [1.165, 1.54) is 13.2 Å². The largest absolute Gasteiger partial charge is 0.512 e. The number of nitrogens with zero attached hydrogens (tertiary/aromatic N) is 1. The molecule has 146 valence electrons. The normalized spacial score (nSPS) is 14.7. The number of aliphatic imine (C=N–C) groups is 1. The van der Waals surface area contributed by atoms with Gasteiger partial charge in [-0.3, -0.25) is 4.79 Å². The van der Waals surface area contributed by atoms with Crippen LogP contribution in [-0.4, -0.2) is 47.2 Å². The van der Waals surface area contributed by atoms with E-state index in [0.717, 1.165) is 11.8 Å². The second kappa shape index (κ2) is 9.47. The minimum atomic E-state index is -4.20. The molecule has 3 N–H and O–H groups in total. The minimum absolute atomic E-state index is 0.0734. The number of amides is 1. The maximum atomic E-state index is 12.2. The molecule has 0 aromatic carbocycles. The summed E-state index contributed by atoms with van der Waals surface area (Å²) in [6.07, 6.45) is -3.98. The predicted octanol–water partition coefficient (Wildman–Crippen LogP) is 3.84. The van der Waals surface area contributed by atoms with Crippen LogP contribution in [0.25, 0.3) is 0 Å². The van der Waals surface area contributed by atoms with Crippen LogP contribution in [0.1, 0.15) is 40.5 Å². The van der Waals surface area contributed by atoms with Crippen LogP contribution in [0.3, 0.4) is 0 Å². The molecule has 0 heterocycles. The Morgan fingerprint density at radius 1 is 1.28 bits per heavy atom. The van der Waals surface area contributed by atoms with Gasteiger partial charge in [-0.25, -0.2) is 0 Å². The highest BCUT2D eigenvalue weighted by molar-refractivity contribution is 8.01. The summed E-state index contributed by atoms with van der Waals surface area (Å²) in [4.78, 5) is 15.9. The lowest BCUT2D eigenvalue weighted by molar-refractivity contribution is -0.134. The molecule has 0 saturated heterocycles. The number of thioether (sulfide) groups is 1. The molecule has 0 aliphatic carbocycles. The highest BCUT2D eigenvalue weighted by Gasteiger charge is 2.30. The summed E-state index contributed by atoms with van der Waals surface area (Å²) in [6, 6.07) is 0. The molecule has 0 aromatic heterocycles. The first-order chi connectivity index (χ1) is 11.2. The molecule has 9 heteroatoms. The number of carbonyl (C=O) groups is 1. The average molecular weight is 384 g/mol. The number of hydrogen-bond donors (Lipinski definition) is 2. The fourth-order valence-electron chi connectivity index (χ4n) is 1.72. The Bertz CT molecular complexity index is 515. The van der Waals surface area contributed by atoms with E-state index in [4.69, 9.17) is 10.5 Å². The standard InChI is InChI=1S/C16H27F3N2O3S/c1-14(2,10-24-5)11(22)9-12(20)21-13(23)15(3,4)25-8-6-7-16(17,18)19/h9,22H,6-8,10H2,1-5H3,(H2,20,21,23)/b11-9-. The van der Waals surface area contributed by atoms with Crippen molar-refractivity contribution in [3.05, 3.63) is 11.8 Å². The van der Waals surface area contributed by atoms with Gasteiger partial charge in [-0.1, -0.05) is 13.8 Å². The van der Waals surface area contributed by atoms with E-state index in [1.54, 1.807) is 27.7 Å². The lowest BCUT2D eigenvalue weighted by Crippen LogP contribution is -2.29. The zero-order chi connectivity index (χ0) is 19.9. The Labute approximate surface area is 150 Å². The third-order valence-electron chi connectivity index (χ3n) is 3.30. The fourth-order valence-corrected chi connectivity index (χ4v) is 2.68. The molecule has 0 aromatic rings. The van der Waals surface area contributed by atoms with Crippen LogP contribution in [0.15, 0.2) is 16.8 Å². The smallest absolute Gasteiger partial charge is 0.389 e. The molecule has 0 fully saturated rings. The van der Waals surface area contributed by atoms with Crippen molar-refractivity contribution >= 4 is 23.5 Å². The number of ether oxygens (including phenoxy) is 1. The quantitative estimate of drug-likeness (QED) is 0.273. The fraction of sp³-hybridized carbons (Fsp3) is 0.750. The number of hydrogen-bond acceptors (Lipinski definition) is 4. The third kappa shape index (κ3) is 9.74. The van der Waals surface area contributed by atoms with Crippen LogP contribution in [0.4, 0.5) is 13.2 Å². The first kappa shape index (κ1) is 23.8. The number of amidine groups is 1. The predicted molar refractivity (Wildman–Crippen MR) is 94.8 cm³/mol. The Kier molecular flexibility index (Phi) is 9.01. The van der Waals surface area contributed by atoms with Crippen LogP contribution < -0.4 is 5.73 Å². The Morgan fingerprint density at radius 3 is 2.32 bits per heavy atom. The van der Waals surface area contributed by atoms with Gasteiger partial charge in [-0.15, -0.1) is 11.8 Å². The monoisotopic (exact) mass is 384 g/mol. The zero-order valence-electron chi connectivity index (χ0n) is 15.2. The zero-order valence-corrected chi connectivity index (χ0v) is 16.1. The van der Waals surface area contributed by atoms with Crippen molar-refractivity contribution < 1.29 is 27.8 Å². The molecule has 25 heavy (non-hydrogen) atoms. The molecule has 1 amide bonds. The van der Waals surface area contributed by atoms with Gasteiger partial charge in [-0.05, 0) is 26.0 Å². The molecule has 0 bridgehead atoms. The van der Waals surface area contributed by atoms with Crippen LogP contribution in [-0.2, 0) is 9.53 Å². The lowest BCUT2D eigenvalue weighted by Gasteiger charge is -2.23. The van der Waals surface area contributed by atoms with Gasteiger partial charge in [0.1, 0.15) is 11.6 Å². The van der Waals surface area contributed by atoms with Gasteiger partial charge in [0.25, 0.3) is 5.91 Å². The maximum absolute atomic E-state index is 12.2. The minimum Gasteiger partial charge on any atom is -0.512 e.